The lowest BCUT2D eigenvalue weighted by molar-refractivity contribution is -0.143. The van der Waals surface area contributed by atoms with E-state index in [4.69, 9.17) is 0 Å². The van der Waals surface area contributed by atoms with Gasteiger partial charge in [-0.2, -0.15) is 13.2 Å². The van der Waals surface area contributed by atoms with Gasteiger partial charge in [0.2, 0.25) is 0 Å². The maximum Gasteiger partial charge on any atom is 0.401 e. The molecule has 0 saturated carbocycles. The summed E-state index contributed by atoms with van der Waals surface area (Å²) in [6, 6.07) is 0. The molecule has 2 aliphatic rings. The summed E-state index contributed by atoms with van der Waals surface area (Å²) in [6.45, 7) is 1.72. The molecular formula is C17H30F3IN4. The first kappa shape index (κ1) is 22.5. The predicted molar refractivity (Wildman–Crippen MR) is 107 cm³/mol. The van der Waals surface area contributed by atoms with Crippen LogP contribution in [0.15, 0.2) is 16.6 Å². The Morgan fingerprint density at radius 2 is 2.12 bits per heavy atom. The van der Waals surface area contributed by atoms with E-state index in [0.29, 0.717) is 19.6 Å². The lowest BCUT2D eigenvalue weighted by atomic mass is 9.97. The molecule has 1 saturated heterocycles. The molecule has 1 heterocycles. The van der Waals surface area contributed by atoms with Crippen molar-refractivity contribution in [2.75, 3.05) is 39.8 Å². The number of halogens is 4. The summed E-state index contributed by atoms with van der Waals surface area (Å²) in [7, 11) is 1.72. The highest BCUT2D eigenvalue weighted by Gasteiger charge is 2.34. The first-order valence-electron chi connectivity index (χ1n) is 8.88. The normalized spacial score (nSPS) is 22.3. The summed E-state index contributed by atoms with van der Waals surface area (Å²) in [4.78, 5) is 5.68. The molecule has 1 unspecified atom stereocenters. The Hall–Kier alpha value is -0.510. The summed E-state index contributed by atoms with van der Waals surface area (Å²) in [6.07, 6.45) is 5.05. The molecule has 25 heavy (non-hydrogen) atoms. The largest absolute Gasteiger partial charge is 0.401 e. The highest BCUT2D eigenvalue weighted by atomic mass is 127. The van der Waals surface area contributed by atoms with Crippen LogP contribution in [-0.2, 0) is 0 Å². The Morgan fingerprint density at radius 3 is 2.76 bits per heavy atom. The summed E-state index contributed by atoms with van der Waals surface area (Å²) in [5.74, 6) is 0.979. The van der Waals surface area contributed by atoms with Gasteiger partial charge in [-0.3, -0.25) is 9.89 Å². The van der Waals surface area contributed by atoms with Crippen molar-refractivity contribution in [2.24, 2.45) is 10.9 Å². The molecule has 2 rings (SSSR count). The number of hydrogen-bond donors (Lipinski definition) is 2. The van der Waals surface area contributed by atoms with Gasteiger partial charge in [0.25, 0.3) is 0 Å². The number of hydrogen-bond acceptors (Lipinski definition) is 2. The van der Waals surface area contributed by atoms with Crippen molar-refractivity contribution < 1.29 is 13.2 Å². The van der Waals surface area contributed by atoms with E-state index in [0.717, 1.165) is 25.3 Å². The molecule has 4 nitrogen and oxygen atoms in total. The van der Waals surface area contributed by atoms with Crippen molar-refractivity contribution in [3.8, 4) is 0 Å². The van der Waals surface area contributed by atoms with E-state index in [1.165, 1.54) is 36.2 Å². The third-order valence-corrected chi connectivity index (χ3v) is 4.68. The second kappa shape index (κ2) is 11.3. The standard InChI is InChI=1S/C17H29F3N4.HI/c1-21-16(22-9-7-14-5-3-2-4-6-14)23-11-15-8-10-24(12-15)13-17(18,19)20;/h5,15H,2-4,6-13H2,1H3,(H2,21,22,23);1H. The van der Waals surface area contributed by atoms with Gasteiger partial charge in [0.05, 0.1) is 6.54 Å². The van der Waals surface area contributed by atoms with Gasteiger partial charge in [-0.05, 0) is 51.0 Å². The van der Waals surface area contributed by atoms with E-state index < -0.39 is 12.7 Å². The molecule has 0 aromatic rings. The third kappa shape index (κ3) is 9.12. The van der Waals surface area contributed by atoms with Crippen LogP contribution in [-0.4, -0.2) is 56.8 Å². The Bertz CT molecular complexity index is 452. The number of likely N-dealkylation sites (tertiary alicyclic amines) is 1. The predicted octanol–water partition coefficient (Wildman–Crippen LogP) is 3.54. The SMILES string of the molecule is CN=C(NCCC1=CCCCC1)NCC1CCN(CC(F)(F)F)C1.I. The quantitative estimate of drug-likeness (QED) is 0.268. The lowest BCUT2D eigenvalue weighted by Crippen LogP contribution is -2.41. The Labute approximate surface area is 165 Å². The fourth-order valence-corrected chi connectivity index (χ4v) is 3.41. The minimum absolute atomic E-state index is 0. The van der Waals surface area contributed by atoms with Crippen molar-refractivity contribution in [3.63, 3.8) is 0 Å². The van der Waals surface area contributed by atoms with Crippen LogP contribution in [0.5, 0.6) is 0 Å². The van der Waals surface area contributed by atoms with Gasteiger partial charge >= 0.3 is 6.18 Å². The fraction of sp³-hybridized carbons (Fsp3) is 0.824. The van der Waals surface area contributed by atoms with Crippen molar-refractivity contribution >= 4 is 29.9 Å². The zero-order chi connectivity index (χ0) is 17.4. The van der Waals surface area contributed by atoms with Crippen molar-refractivity contribution in [2.45, 2.75) is 44.7 Å². The molecule has 0 amide bonds. The van der Waals surface area contributed by atoms with Gasteiger partial charge < -0.3 is 10.6 Å². The van der Waals surface area contributed by atoms with E-state index in [2.05, 4.69) is 21.7 Å². The number of alkyl halides is 3. The average molecular weight is 474 g/mol. The topological polar surface area (TPSA) is 39.7 Å². The first-order valence-corrected chi connectivity index (χ1v) is 8.88. The van der Waals surface area contributed by atoms with Crippen LogP contribution < -0.4 is 10.6 Å². The van der Waals surface area contributed by atoms with Crippen LogP contribution in [0.25, 0.3) is 0 Å². The van der Waals surface area contributed by atoms with Gasteiger partial charge in [0.15, 0.2) is 5.96 Å². The second-order valence-corrected chi connectivity index (χ2v) is 6.74. The van der Waals surface area contributed by atoms with E-state index in [9.17, 15) is 13.2 Å². The molecule has 1 fully saturated rings. The number of aliphatic imine (C=N–C) groups is 1. The molecule has 1 aliphatic heterocycles. The Morgan fingerprint density at radius 1 is 1.32 bits per heavy atom. The van der Waals surface area contributed by atoms with Crippen LogP contribution in [0.2, 0.25) is 0 Å². The molecule has 0 spiro atoms. The Balaban J connectivity index is 0.00000312. The van der Waals surface area contributed by atoms with Gasteiger partial charge in [0.1, 0.15) is 0 Å². The zero-order valence-corrected chi connectivity index (χ0v) is 17.2. The fourth-order valence-electron chi connectivity index (χ4n) is 3.41. The maximum atomic E-state index is 12.4. The van der Waals surface area contributed by atoms with Crippen LogP contribution in [0.3, 0.4) is 0 Å². The zero-order valence-electron chi connectivity index (χ0n) is 14.9. The average Bonchev–Trinajstić information content (AvgIpc) is 2.97. The number of guanidine groups is 1. The molecular weight excluding hydrogens is 444 g/mol. The number of rotatable bonds is 6. The van der Waals surface area contributed by atoms with Crippen molar-refractivity contribution in [1.82, 2.24) is 15.5 Å². The summed E-state index contributed by atoms with van der Waals surface area (Å²) in [5.41, 5.74) is 1.52. The third-order valence-electron chi connectivity index (χ3n) is 4.68. The highest BCUT2D eigenvalue weighted by Crippen LogP contribution is 2.22. The molecule has 2 N–H and O–H groups in total. The summed E-state index contributed by atoms with van der Waals surface area (Å²) >= 11 is 0. The molecule has 0 bridgehead atoms. The number of nitrogens with zero attached hydrogens (tertiary/aromatic N) is 2. The van der Waals surface area contributed by atoms with E-state index in [1.54, 1.807) is 7.05 Å². The van der Waals surface area contributed by atoms with E-state index in [-0.39, 0.29) is 29.9 Å². The monoisotopic (exact) mass is 474 g/mol. The second-order valence-electron chi connectivity index (χ2n) is 6.74. The molecule has 0 radical (unpaired) electrons. The maximum absolute atomic E-state index is 12.4. The van der Waals surface area contributed by atoms with E-state index in [1.807, 2.05) is 0 Å². The molecule has 8 heteroatoms. The Kier molecular flexibility index (Phi) is 10.1. The molecule has 0 aromatic carbocycles. The first-order chi connectivity index (χ1) is 11.5. The minimum atomic E-state index is -4.10. The minimum Gasteiger partial charge on any atom is -0.356 e. The van der Waals surface area contributed by atoms with Crippen LogP contribution in [0.4, 0.5) is 13.2 Å². The van der Waals surface area contributed by atoms with Gasteiger partial charge in [-0.15, -0.1) is 24.0 Å². The van der Waals surface area contributed by atoms with E-state index >= 15 is 0 Å². The van der Waals surface area contributed by atoms with Crippen molar-refractivity contribution in [1.29, 1.82) is 0 Å². The van der Waals surface area contributed by atoms with Crippen LogP contribution >= 0.6 is 24.0 Å². The smallest absolute Gasteiger partial charge is 0.356 e. The number of nitrogens with one attached hydrogen (secondary N) is 2. The molecule has 1 aliphatic carbocycles. The highest BCUT2D eigenvalue weighted by molar-refractivity contribution is 14.0. The lowest BCUT2D eigenvalue weighted by Gasteiger charge is -2.19. The van der Waals surface area contributed by atoms with Crippen LogP contribution in [0, 0.1) is 5.92 Å². The summed E-state index contributed by atoms with van der Waals surface area (Å²) in [5, 5.41) is 6.54. The molecule has 1 atom stereocenters. The van der Waals surface area contributed by atoms with Gasteiger partial charge in [0, 0.05) is 26.7 Å². The molecule has 0 aromatic heterocycles. The van der Waals surface area contributed by atoms with Gasteiger partial charge in [-0.1, -0.05) is 11.6 Å². The van der Waals surface area contributed by atoms with Gasteiger partial charge in [-0.25, -0.2) is 0 Å². The molecule has 146 valence electrons. The van der Waals surface area contributed by atoms with Crippen molar-refractivity contribution in [3.05, 3.63) is 11.6 Å². The van der Waals surface area contributed by atoms with Crippen LogP contribution in [0.1, 0.15) is 38.5 Å². The number of allylic oxidation sites excluding steroid dienone is 1. The summed E-state index contributed by atoms with van der Waals surface area (Å²) < 4.78 is 37.2.